The van der Waals surface area contributed by atoms with Gasteiger partial charge < -0.3 is 4.52 Å². The molecule has 0 aromatic carbocycles. The molecule has 1 N–H and O–H groups in total. The van der Waals surface area contributed by atoms with Gasteiger partial charge in [-0.3, -0.25) is 5.10 Å². The number of rotatable bonds is 5. The predicted octanol–water partition coefficient (Wildman–Crippen LogP) is 3.53. The van der Waals surface area contributed by atoms with E-state index in [0.29, 0.717) is 0 Å². The van der Waals surface area contributed by atoms with Crippen molar-refractivity contribution < 1.29 is 4.52 Å². The molecule has 0 radical (unpaired) electrons. The van der Waals surface area contributed by atoms with E-state index >= 15 is 0 Å². The summed E-state index contributed by atoms with van der Waals surface area (Å²) in [6, 6.07) is 2.03. The third-order valence-electron chi connectivity index (χ3n) is 3.48. The van der Waals surface area contributed by atoms with Crippen LogP contribution in [0.15, 0.2) is 23.0 Å². The van der Waals surface area contributed by atoms with Gasteiger partial charge in [-0.15, -0.1) is 0 Å². The Balaban J connectivity index is 2.28. The number of aromatic nitrogens is 3. The van der Waals surface area contributed by atoms with E-state index in [9.17, 15) is 0 Å². The molecule has 2 heterocycles. The lowest BCUT2D eigenvalue weighted by Crippen LogP contribution is -2.19. The smallest absolute Gasteiger partial charge is 0.143 e. The molecule has 4 heteroatoms. The van der Waals surface area contributed by atoms with Crippen LogP contribution in [0.3, 0.4) is 0 Å². The summed E-state index contributed by atoms with van der Waals surface area (Å²) in [5.41, 5.74) is 1.91. The quantitative estimate of drug-likeness (QED) is 0.859. The van der Waals surface area contributed by atoms with Crippen LogP contribution in [0.1, 0.15) is 45.8 Å². The summed E-state index contributed by atoms with van der Waals surface area (Å²) in [6.07, 6.45) is 6.89. The Hall–Kier alpha value is -1.58. The fraction of sp³-hybridized carbons (Fsp3) is 0.538. The van der Waals surface area contributed by atoms with Crippen LogP contribution in [0.4, 0.5) is 0 Å². The molecule has 1 unspecified atom stereocenters. The second-order valence-corrected chi connectivity index (χ2v) is 4.73. The molecule has 17 heavy (non-hydrogen) atoms. The van der Waals surface area contributed by atoms with Gasteiger partial charge in [-0.1, -0.05) is 32.3 Å². The van der Waals surface area contributed by atoms with Crippen LogP contribution in [-0.2, 0) is 5.41 Å². The van der Waals surface area contributed by atoms with Gasteiger partial charge >= 0.3 is 0 Å². The van der Waals surface area contributed by atoms with Crippen molar-refractivity contribution >= 4 is 0 Å². The van der Waals surface area contributed by atoms with E-state index in [-0.39, 0.29) is 5.41 Å². The Morgan fingerprint density at radius 2 is 2.24 bits per heavy atom. The summed E-state index contributed by atoms with van der Waals surface area (Å²) in [7, 11) is 0. The Morgan fingerprint density at radius 1 is 1.41 bits per heavy atom. The molecule has 0 amide bonds. The van der Waals surface area contributed by atoms with Crippen LogP contribution in [0.5, 0.6) is 0 Å². The highest BCUT2D eigenvalue weighted by molar-refractivity contribution is 5.56. The molecule has 2 aromatic rings. The molecule has 0 aliphatic heterocycles. The molecular formula is C13H19N3O. The first-order chi connectivity index (χ1) is 8.19. The molecule has 0 aliphatic carbocycles. The summed E-state index contributed by atoms with van der Waals surface area (Å²) >= 11 is 0. The fourth-order valence-electron chi connectivity index (χ4n) is 2.11. The van der Waals surface area contributed by atoms with Crippen LogP contribution >= 0.6 is 0 Å². The first kappa shape index (κ1) is 11.9. The van der Waals surface area contributed by atoms with Gasteiger partial charge in [-0.2, -0.15) is 5.10 Å². The zero-order chi connectivity index (χ0) is 12.3. The van der Waals surface area contributed by atoms with Crippen LogP contribution < -0.4 is 0 Å². The third-order valence-corrected chi connectivity index (χ3v) is 3.48. The average molecular weight is 233 g/mol. The molecule has 1 atom stereocenters. The van der Waals surface area contributed by atoms with E-state index in [1.807, 2.05) is 12.3 Å². The Kier molecular flexibility index (Phi) is 3.31. The van der Waals surface area contributed by atoms with Crippen molar-refractivity contribution in [2.45, 2.75) is 45.4 Å². The minimum absolute atomic E-state index is 0.0870. The molecule has 0 saturated heterocycles. The van der Waals surface area contributed by atoms with Gasteiger partial charge in [-0.05, 0) is 12.8 Å². The minimum atomic E-state index is 0.0870. The maximum Gasteiger partial charge on any atom is 0.143 e. The zero-order valence-corrected chi connectivity index (χ0v) is 10.7. The summed E-state index contributed by atoms with van der Waals surface area (Å²) < 4.78 is 5.51. The predicted molar refractivity (Wildman–Crippen MR) is 66.6 cm³/mol. The normalized spacial score (nSPS) is 14.8. The lowest BCUT2D eigenvalue weighted by molar-refractivity contribution is 0.281. The van der Waals surface area contributed by atoms with Gasteiger partial charge in [0.25, 0.3) is 0 Å². The molecule has 4 nitrogen and oxygen atoms in total. The van der Waals surface area contributed by atoms with E-state index in [4.69, 9.17) is 4.52 Å². The minimum Gasteiger partial charge on any atom is -0.360 e. The molecule has 0 aliphatic rings. The topological polar surface area (TPSA) is 54.7 Å². The SMILES string of the molecule is CCCC(C)(CC)c1cc(-c2cn[nH]c2)no1. The molecule has 0 saturated carbocycles. The van der Waals surface area contributed by atoms with Crippen LogP contribution in [0.2, 0.25) is 0 Å². The van der Waals surface area contributed by atoms with E-state index in [1.54, 1.807) is 6.20 Å². The van der Waals surface area contributed by atoms with Gasteiger partial charge in [0.05, 0.1) is 6.20 Å². The van der Waals surface area contributed by atoms with Crippen LogP contribution in [0.25, 0.3) is 11.3 Å². The Morgan fingerprint density at radius 3 is 2.82 bits per heavy atom. The summed E-state index contributed by atoms with van der Waals surface area (Å²) in [4.78, 5) is 0. The van der Waals surface area contributed by atoms with Crippen molar-refractivity contribution in [3.63, 3.8) is 0 Å². The summed E-state index contributed by atoms with van der Waals surface area (Å²) in [5, 5.41) is 10.8. The molecule has 0 fully saturated rings. The fourth-order valence-corrected chi connectivity index (χ4v) is 2.11. The van der Waals surface area contributed by atoms with Crippen molar-refractivity contribution in [2.24, 2.45) is 0 Å². The van der Waals surface area contributed by atoms with Gasteiger partial charge in [-0.25, -0.2) is 0 Å². The molecule has 2 rings (SSSR count). The number of nitrogens with one attached hydrogen (secondary N) is 1. The standard InChI is InChI=1S/C13H19N3O/c1-4-6-13(3,5-2)12-7-11(16-17-12)10-8-14-15-9-10/h7-9H,4-6H2,1-3H3,(H,14,15). The van der Waals surface area contributed by atoms with E-state index in [0.717, 1.165) is 36.3 Å². The van der Waals surface area contributed by atoms with Crippen LogP contribution in [-0.4, -0.2) is 15.4 Å². The highest BCUT2D eigenvalue weighted by atomic mass is 16.5. The zero-order valence-electron chi connectivity index (χ0n) is 10.7. The Bertz CT molecular complexity index is 461. The second-order valence-electron chi connectivity index (χ2n) is 4.73. The van der Waals surface area contributed by atoms with Crippen molar-refractivity contribution in [3.05, 3.63) is 24.2 Å². The lowest BCUT2D eigenvalue weighted by atomic mass is 9.80. The maximum absolute atomic E-state index is 5.51. The van der Waals surface area contributed by atoms with Gasteiger partial charge in [0.15, 0.2) is 0 Å². The van der Waals surface area contributed by atoms with Gasteiger partial charge in [0.1, 0.15) is 11.5 Å². The highest BCUT2D eigenvalue weighted by Gasteiger charge is 2.28. The first-order valence-electron chi connectivity index (χ1n) is 6.16. The molecule has 2 aromatic heterocycles. The number of hydrogen-bond donors (Lipinski definition) is 1. The molecule has 0 spiro atoms. The first-order valence-corrected chi connectivity index (χ1v) is 6.16. The monoisotopic (exact) mass is 233 g/mol. The molecule has 0 bridgehead atoms. The highest BCUT2D eigenvalue weighted by Crippen LogP contribution is 2.34. The van der Waals surface area contributed by atoms with Crippen molar-refractivity contribution in [1.29, 1.82) is 0 Å². The number of aromatic amines is 1. The van der Waals surface area contributed by atoms with Crippen molar-refractivity contribution in [3.8, 4) is 11.3 Å². The van der Waals surface area contributed by atoms with Gasteiger partial charge in [0, 0.05) is 23.2 Å². The van der Waals surface area contributed by atoms with E-state index in [2.05, 4.69) is 36.1 Å². The van der Waals surface area contributed by atoms with Crippen LogP contribution in [0, 0.1) is 0 Å². The number of nitrogens with zero attached hydrogens (tertiary/aromatic N) is 2. The second kappa shape index (κ2) is 4.73. The van der Waals surface area contributed by atoms with E-state index in [1.165, 1.54) is 0 Å². The van der Waals surface area contributed by atoms with Gasteiger partial charge in [0.2, 0.25) is 0 Å². The molecule has 92 valence electrons. The summed E-state index contributed by atoms with van der Waals surface area (Å²) in [5.74, 6) is 0.970. The van der Waals surface area contributed by atoms with E-state index < -0.39 is 0 Å². The Labute approximate surface area is 101 Å². The lowest BCUT2D eigenvalue weighted by Gasteiger charge is -2.23. The van der Waals surface area contributed by atoms with Crippen molar-refractivity contribution in [1.82, 2.24) is 15.4 Å². The summed E-state index contributed by atoms with van der Waals surface area (Å²) in [6.45, 7) is 6.62. The van der Waals surface area contributed by atoms with Crippen molar-refractivity contribution in [2.75, 3.05) is 0 Å². The average Bonchev–Trinajstić information content (AvgIpc) is 2.99. The molecular weight excluding hydrogens is 214 g/mol. The third kappa shape index (κ3) is 2.25. The largest absolute Gasteiger partial charge is 0.360 e. The number of H-pyrrole nitrogens is 1. The maximum atomic E-state index is 5.51. The number of hydrogen-bond acceptors (Lipinski definition) is 3.